The molecule has 1 fully saturated rings. The van der Waals surface area contributed by atoms with Crippen LogP contribution in [0.3, 0.4) is 0 Å². The Kier molecular flexibility index (Phi) is 2.62. The normalized spacial score (nSPS) is 31.2. The highest BCUT2D eigenvalue weighted by molar-refractivity contribution is 9.10. The first-order valence-electron chi connectivity index (χ1n) is 4.91. The minimum Gasteiger partial charge on any atom is -0.389 e. The van der Waals surface area contributed by atoms with E-state index in [-0.39, 0.29) is 0 Å². The highest BCUT2D eigenvalue weighted by Gasteiger charge is 2.40. The lowest BCUT2D eigenvalue weighted by molar-refractivity contribution is -0.0673. The molecule has 1 aliphatic rings. The second-order valence-corrected chi connectivity index (χ2v) is 5.20. The summed E-state index contributed by atoms with van der Waals surface area (Å²) < 4.78 is 0.993. The van der Waals surface area contributed by atoms with Crippen molar-refractivity contribution < 1.29 is 5.11 Å². The van der Waals surface area contributed by atoms with E-state index < -0.39 is 5.60 Å². The van der Waals surface area contributed by atoms with E-state index in [1.54, 1.807) is 6.20 Å². The monoisotopic (exact) mass is 255 g/mol. The van der Waals surface area contributed by atoms with Gasteiger partial charge in [0.2, 0.25) is 0 Å². The largest absolute Gasteiger partial charge is 0.389 e. The number of hydrogen-bond donors (Lipinski definition) is 1. The van der Waals surface area contributed by atoms with Crippen LogP contribution in [0.2, 0.25) is 0 Å². The molecular formula is C11H14BrNO. The molecule has 1 aliphatic carbocycles. The molecule has 0 radical (unpaired) electrons. The van der Waals surface area contributed by atoms with Crippen LogP contribution in [0.25, 0.3) is 0 Å². The Hall–Kier alpha value is -0.410. The standard InChI is InChI=1S/C11H14BrNO/c1-8-5-11(14,6-8)7-10-9(12)3-2-4-13-10/h2-4,8,14H,5-7H2,1H3. The number of pyridine rings is 1. The van der Waals surface area contributed by atoms with Crippen LogP contribution in [0.4, 0.5) is 0 Å². The van der Waals surface area contributed by atoms with Gasteiger partial charge in [0.15, 0.2) is 0 Å². The van der Waals surface area contributed by atoms with Gasteiger partial charge in [0, 0.05) is 17.1 Å². The molecule has 1 saturated carbocycles. The molecule has 0 atom stereocenters. The van der Waals surface area contributed by atoms with Gasteiger partial charge < -0.3 is 5.11 Å². The van der Waals surface area contributed by atoms with E-state index in [1.807, 2.05) is 12.1 Å². The Labute approximate surface area is 92.5 Å². The lowest BCUT2D eigenvalue weighted by Gasteiger charge is -2.42. The minimum atomic E-state index is -0.504. The third-order valence-corrected chi connectivity index (χ3v) is 3.51. The molecule has 1 aromatic heterocycles. The summed E-state index contributed by atoms with van der Waals surface area (Å²) in [5, 5.41) is 10.1. The van der Waals surface area contributed by atoms with Crippen LogP contribution in [-0.4, -0.2) is 15.7 Å². The zero-order valence-electron chi connectivity index (χ0n) is 8.20. The van der Waals surface area contributed by atoms with E-state index in [0.29, 0.717) is 12.3 Å². The van der Waals surface area contributed by atoms with Gasteiger partial charge in [-0.15, -0.1) is 0 Å². The van der Waals surface area contributed by atoms with Crippen molar-refractivity contribution in [3.63, 3.8) is 0 Å². The number of nitrogens with zero attached hydrogens (tertiary/aromatic N) is 1. The maximum absolute atomic E-state index is 10.1. The van der Waals surface area contributed by atoms with Gasteiger partial charge in [0.1, 0.15) is 0 Å². The Morgan fingerprint density at radius 2 is 2.36 bits per heavy atom. The smallest absolute Gasteiger partial charge is 0.0708 e. The minimum absolute atomic E-state index is 0.504. The van der Waals surface area contributed by atoms with Crippen molar-refractivity contribution >= 4 is 15.9 Å². The molecule has 1 aromatic rings. The molecular weight excluding hydrogens is 242 g/mol. The maximum atomic E-state index is 10.1. The third-order valence-electron chi connectivity index (χ3n) is 2.79. The molecule has 76 valence electrons. The number of halogens is 1. The Bertz CT molecular complexity index is 334. The van der Waals surface area contributed by atoms with Crippen molar-refractivity contribution in [3.05, 3.63) is 28.5 Å². The van der Waals surface area contributed by atoms with Gasteiger partial charge >= 0.3 is 0 Å². The van der Waals surface area contributed by atoms with Crippen LogP contribution >= 0.6 is 15.9 Å². The highest BCUT2D eigenvalue weighted by atomic mass is 79.9. The van der Waals surface area contributed by atoms with Crippen molar-refractivity contribution in [2.24, 2.45) is 5.92 Å². The molecule has 0 unspecified atom stereocenters. The Morgan fingerprint density at radius 1 is 1.64 bits per heavy atom. The zero-order valence-corrected chi connectivity index (χ0v) is 9.79. The number of hydrogen-bond acceptors (Lipinski definition) is 2. The van der Waals surface area contributed by atoms with Crippen LogP contribution in [0.5, 0.6) is 0 Å². The average Bonchev–Trinajstić information content (AvgIpc) is 2.06. The topological polar surface area (TPSA) is 33.1 Å². The second-order valence-electron chi connectivity index (χ2n) is 4.35. The zero-order chi connectivity index (χ0) is 10.2. The van der Waals surface area contributed by atoms with Crippen LogP contribution in [0.15, 0.2) is 22.8 Å². The first kappa shape index (κ1) is 10.1. The number of aromatic nitrogens is 1. The molecule has 0 amide bonds. The van der Waals surface area contributed by atoms with E-state index in [1.165, 1.54) is 0 Å². The first-order valence-corrected chi connectivity index (χ1v) is 5.70. The molecule has 0 aromatic carbocycles. The van der Waals surface area contributed by atoms with Crippen molar-refractivity contribution in [1.29, 1.82) is 0 Å². The highest BCUT2D eigenvalue weighted by Crippen LogP contribution is 2.40. The van der Waals surface area contributed by atoms with Crippen molar-refractivity contribution in [2.75, 3.05) is 0 Å². The van der Waals surface area contributed by atoms with Crippen molar-refractivity contribution in [1.82, 2.24) is 4.98 Å². The number of aliphatic hydroxyl groups is 1. The molecule has 3 heteroatoms. The molecule has 0 bridgehead atoms. The molecule has 2 nitrogen and oxygen atoms in total. The summed E-state index contributed by atoms with van der Waals surface area (Å²) >= 11 is 3.44. The molecule has 2 rings (SSSR count). The number of rotatable bonds is 2. The van der Waals surface area contributed by atoms with E-state index in [0.717, 1.165) is 23.0 Å². The van der Waals surface area contributed by atoms with Gasteiger partial charge in [-0.05, 0) is 46.8 Å². The van der Waals surface area contributed by atoms with E-state index in [4.69, 9.17) is 0 Å². The molecule has 1 heterocycles. The fourth-order valence-corrected chi connectivity index (χ4v) is 2.64. The van der Waals surface area contributed by atoms with Crippen LogP contribution in [0.1, 0.15) is 25.5 Å². The summed E-state index contributed by atoms with van der Waals surface area (Å²) in [4.78, 5) is 4.26. The summed E-state index contributed by atoms with van der Waals surface area (Å²) in [7, 11) is 0. The first-order chi connectivity index (χ1) is 6.59. The quantitative estimate of drug-likeness (QED) is 0.882. The average molecular weight is 256 g/mol. The molecule has 0 spiro atoms. The maximum Gasteiger partial charge on any atom is 0.0708 e. The molecule has 1 N–H and O–H groups in total. The Balaban J connectivity index is 2.08. The SMILES string of the molecule is CC1CC(O)(Cc2ncccc2Br)C1. The Morgan fingerprint density at radius 3 is 2.93 bits per heavy atom. The summed E-state index contributed by atoms with van der Waals surface area (Å²) in [6.45, 7) is 2.17. The summed E-state index contributed by atoms with van der Waals surface area (Å²) in [5.74, 6) is 0.655. The van der Waals surface area contributed by atoms with Gasteiger partial charge in [-0.25, -0.2) is 0 Å². The van der Waals surface area contributed by atoms with E-state index in [9.17, 15) is 5.11 Å². The van der Waals surface area contributed by atoms with E-state index >= 15 is 0 Å². The van der Waals surface area contributed by atoms with Gasteiger partial charge in [0.05, 0.1) is 11.3 Å². The molecule has 0 saturated heterocycles. The predicted octanol–water partition coefficient (Wildman–Crippen LogP) is 2.55. The lowest BCUT2D eigenvalue weighted by Crippen LogP contribution is -2.44. The predicted molar refractivity (Wildman–Crippen MR) is 59.0 cm³/mol. The van der Waals surface area contributed by atoms with Gasteiger partial charge in [-0.1, -0.05) is 6.92 Å². The van der Waals surface area contributed by atoms with Crippen LogP contribution < -0.4 is 0 Å². The van der Waals surface area contributed by atoms with E-state index in [2.05, 4.69) is 27.8 Å². The van der Waals surface area contributed by atoms with Crippen LogP contribution in [-0.2, 0) is 6.42 Å². The fraction of sp³-hybridized carbons (Fsp3) is 0.545. The van der Waals surface area contributed by atoms with Gasteiger partial charge in [0.25, 0.3) is 0 Å². The summed E-state index contributed by atoms with van der Waals surface area (Å²) in [6.07, 6.45) is 4.23. The molecule has 0 aliphatic heterocycles. The third kappa shape index (κ3) is 1.98. The van der Waals surface area contributed by atoms with Gasteiger partial charge in [-0.2, -0.15) is 0 Å². The second kappa shape index (κ2) is 3.63. The van der Waals surface area contributed by atoms with Gasteiger partial charge in [-0.3, -0.25) is 4.98 Å². The van der Waals surface area contributed by atoms with Crippen molar-refractivity contribution in [2.45, 2.75) is 31.8 Å². The fourth-order valence-electron chi connectivity index (χ4n) is 2.24. The summed E-state index contributed by atoms with van der Waals surface area (Å²) in [6, 6.07) is 3.86. The van der Waals surface area contributed by atoms with Crippen molar-refractivity contribution in [3.8, 4) is 0 Å². The molecule has 14 heavy (non-hydrogen) atoms. The van der Waals surface area contributed by atoms with Crippen LogP contribution in [0, 0.1) is 5.92 Å². The summed E-state index contributed by atoms with van der Waals surface area (Å²) in [5.41, 5.74) is 0.456. The lowest BCUT2D eigenvalue weighted by atomic mass is 9.70.